The third-order valence-corrected chi connectivity index (χ3v) is 3.80. The van der Waals surface area contributed by atoms with Crippen LogP contribution in [-0.2, 0) is 11.3 Å². The summed E-state index contributed by atoms with van der Waals surface area (Å²) in [5, 5.41) is 3.89. The van der Waals surface area contributed by atoms with Crippen molar-refractivity contribution in [2.45, 2.75) is 6.54 Å². The lowest BCUT2D eigenvalue weighted by atomic mass is 10.2. The molecule has 0 saturated heterocycles. The van der Waals surface area contributed by atoms with E-state index in [0.29, 0.717) is 17.4 Å². The molecule has 0 aliphatic carbocycles. The van der Waals surface area contributed by atoms with Crippen LogP contribution in [0.1, 0.15) is 5.56 Å². The predicted molar refractivity (Wildman–Crippen MR) is 89.3 cm³/mol. The summed E-state index contributed by atoms with van der Waals surface area (Å²) in [4.78, 5) is 0. The highest BCUT2D eigenvalue weighted by Gasteiger charge is 2.06. The van der Waals surface area contributed by atoms with Crippen molar-refractivity contribution >= 4 is 27.5 Å². The first kappa shape index (κ1) is 16.3. The third kappa shape index (κ3) is 5.00. The molecule has 5 heteroatoms. The van der Waals surface area contributed by atoms with Crippen LogP contribution >= 0.6 is 27.5 Å². The summed E-state index contributed by atoms with van der Waals surface area (Å²) in [6.07, 6.45) is 0. The van der Waals surface area contributed by atoms with Crippen molar-refractivity contribution in [3.05, 3.63) is 57.5 Å². The normalized spacial score (nSPS) is 10.6. The van der Waals surface area contributed by atoms with E-state index in [4.69, 9.17) is 21.1 Å². The molecule has 0 atom stereocenters. The number of nitrogens with one attached hydrogen (secondary N) is 1. The summed E-state index contributed by atoms with van der Waals surface area (Å²) in [5.74, 6) is 1.38. The Balaban J connectivity index is 2.01. The molecule has 2 rings (SSSR count). The summed E-state index contributed by atoms with van der Waals surface area (Å²) in [5.41, 5.74) is 1.17. The SMILES string of the molecule is COCCNCc1ccc(Oc2ccccc2Cl)c(Br)c1. The molecule has 0 unspecified atom stereocenters. The average molecular weight is 371 g/mol. The molecule has 0 fully saturated rings. The van der Waals surface area contributed by atoms with E-state index < -0.39 is 0 Å². The number of para-hydroxylation sites is 1. The van der Waals surface area contributed by atoms with Gasteiger partial charge in [-0.3, -0.25) is 0 Å². The molecule has 3 nitrogen and oxygen atoms in total. The van der Waals surface area contributed by atoms with Crippen molar-refractivity contribution in [2.24, 2.45) is 0 Å². The van der Waals surface area contributed by atoms with Gasteiger partial charge in [-0.1, -0.05) is 29.8 Å². The van der Waals surface area contributed by atoms with Gasteiger partial charge in [0.05, 0.1) is 16.1 Å². The number of rotatable bonds is 7. The van der Waals surface area contributed by atoms with Crippen molar-refractivity contribution in [1.82, 2.24) is 5.32 Å². The van der Waals surface area contributed by atoms with Gasteiger partial charge in [0.25, 0.3) is 0 Å². The van der Waals surface area contributed by atoms with Crippen LogP contribution in [0.3, 0.4) is 0 Å². The fourth-order valence-corrected chi connectivity index (χ4v) is 2.47. The highest BCUT2D eigenvalue weighted by atomic mass is 79.9. The van der Waals surface area contributed by atoms with Crippen LogP contribution in [-0.4, -0.2) is 20.3 Å². The van der Waals surface area contributed by atoms with Gasteiger partial charge >= 0.3 is 0 Å². The van der Waals surface area contributed by atoms with Crippen LogP contribution < -0.4 is 10.1 Å². The highest BCUT2D eigenvalue weighted by Crippen LogP contribution is 2.33. The Morgan fingerprint density at radius 2 is 1.95 bits per heavy atom. The molecule has 0 amide bonds. The van der Waals surface area contributed by atoms with Gasteiger partial charge < -0.3 is 14.8 Å². The van der Waals surface area contributed by atoms with Gasteiger partial charge in [-0.2, -0.15) is 0 Å². The lowest BCUT2D eigenvalue weighted by Gasteiger charge is -2.11. The first-order chi connectivity index (χ1) is 10.2. The summed E-state index contributed by atoms with van der Waals surface area (Å²) >= 11 is 9.63. The fraction of sp³-hybridized carbons (Fsp3) is 0.250. The molecule has 0 aromatic heterocycles. The lowest BCUT2D eigenvalue weighted by Crippen LogP contribution is -2.18. The Kier molecular flexibility index (Phi) is 6.51. The zero-order valence-electron chi connectivity index (χ0n) is 11.7. The van der Waals surface area contributed by atoms with Crippen molar-refractivity contribution in [2.75, 3.05) is 20.3 Å². The second kappa shape index (κ2) is 8.39. The molecule has 2 aromatic carbocycles. The third-order valence-electron chi connectivity index (χ3n) is 2.86. The molecule has 0 saturated carbocycles. The number of halogens is 2. The van der Waals surface area contributed by atoms with Crippen LogP contribution in [0.4, 0.5) is 0 Å². The number of benzene rings is 2. The van der Waals surface area contributed by atoms with E-state index in [9.17, 15) is 0 Å². The van der Waals surface area contributed by atoms with E-state index in [0.717, 1.165) is 23.3 Å². The summed E-state index contributed by atoms with van der Waals surface area (Å²) < 4.78 is 11.7. The minimum absolute atomic E-state index is 0.592. The molecule has 0 aliphatic heterocycles. The standard InChI is InChI=1S/C16H17BrClNO2/c1-20-9-8-19-11-12-6-7-15(13(17)10-12)21-16-5-3-2-4-14(16)18/h2-7,10,19H,8-9,11H2,1H3. The minimum Gasteiger partial charge on any atom is -0.455 e. The fourth-order valence-electron chi connectivity index (χ4n) is 1.79. The van der Waals surface area contributed by atoms with Crippen molar-refractivity contribution in [3.8, 4) is 11.5 Å². The van der Waals surface area contributed by atoms with Crippen LogP contribution in [0.2, 0.25) is 5.02 Å². The monoisotopic (exact) mass is 369 g/mol. The largest absolute Gasteiger partial charge is 0.455 e. The van der Waals surface area contributed by atoms with E-state index in [1.807, 2.05) is 36.4 Å². The van der Waals surface area contributed by atoms with Crippen LogP contribution in [0, 0.1) is 0 Å². The van der Waals surface area contributed by atoms with Gasteiger partial charge in [0.15, 0.2) is 0 Å². The van der Waals surface area contributed by atoms with Gasteiger partial charge in [0, 0.05) is 20.2 Å². The zero-order chi connectivity index (χ0) is 15.1. The summed E-state index contributed by atoms with van der Waals surface area (Å²) in [7, 11) is 1.69. The topological polar surface area (TPSA) is 30.5 Å². The molecule has 112 valence electrons. The van der Waals surface area contributed by atoms with Gasteiger partial charge in [0.1, 0.15) is 11.5 Å². The first-order valence-corrected chi connectivity index (χ1v) is 7.78. The van der Waals surface area contributed by atoms with E-state index in [2.05, 4.69) is 21.2 Å². The molecule has 1 N–H and O–H groups in total. The average Bonchev–Trinajstić information content (AvgIpc) is 2.48. The van der Waals surface area contributed by atoms with Crippen molar-refractivity contribution in [1.29, 1.82) is 0 Å². The lowest BCUT2D eigenvalue weighted by molar-refractivity contribution is 0.199. The molecule has 2 aromatic rings. The smallest absolute Gasteiger partial charge is 0.146 e. The first-order valence-electron chi connectivity index (χ1n) is 6.61. The Morgan fingerprint density at radius 1 is 1.14 bits per heavy atom. The van der Waals surface area contributed by atoms with Crippen molar-refractivity contribution < 1.29 is 9.47 Å². The van der Waals surface area contributed by atoms with Crippen molar-refractivity contribution in [3.63, 3.8) is 0 Å². The summed E-state index contributed by atoms with van der Waals surface area (Å²) in [6.45, 7) is 2.31. The minimum atomic E-state index is 0.592. The second-order valence-corrected chi connectivity index (χ2v) is 5.73. The van der Waals surface area contributed by atoms with Gasteiger partial charge in [0.2, 0.25) is 0 Å². The molecule has 0 aliphatic rings. The highest BCUT2D eigenvalue weighted by molar-refractivity contribution is 9.10. The molecule has 0 bridgehead atoms. The molecular formula is C16H17BrClNO2. The van der Waals surface area contributed by atoms with E-state index >= 15 is 0 Å². The van der Waals surface area contributed by atoms with Gasteiger partial charge in [-0.15, -0.1) is 0 Å². The maximum atomic E-state index is 6.09. The number of hydrogen-bond donors (Lipinski definition) is 1. The maximum absolute atomic E-state index is 6.09. The number of ether oxygens (including phenoxy) is 2. The molecule has 0 heterocycles. The van der Waals surface area contributed by atoms with Gasteiger partial charge in [-0.05, 0) is 45.8 Å². The predicted octanol–water partition coefficient (Wildman–Crippen LogP) is 4.63. The number of methoxy groups -OCH3 is 1. The van der Waals surface area contributed by atoms with E-state index in [1.165, 1.54) is 5.56 Å². The van der Waals surface area contributed by atoms with E-state index in [1.54, 1.807) is 13.2 Å². The van der Waals surface area contributed by atoms with Gasteiger partial charge in [-0.25, -0.2) is 0 Å². The maximum Gasteiger partial charge on any atom is 0.146 e. The second-order valence-electron chi connectivity index (χ2n) is 4.47. The molecule has 21 heavy (non-hydrogen) atoms. The quantitative estimate of drug-likeness (QED) is 0.721. The van der Waals surface area contributed by atoms with E-state index in [-0.39, 0.29) is 0 Å². The Hall–Kier alpha value is -1.07. The molecule has 0 radical (unpaired) electrons. The molecule has 0 spiro atoms. The Morgan fingerprint density at radius 3 is 2.67 bits per heavy atom. The van der Waals surface area contributed by atoms with Crippen LogP contribution in [0.5, 0.6) is 11.5 Å². The zero-order valence-corrected chi connectivity index (χ0v) is 14.1. The number of hydrogen-bond acceptors (Lipinski definition) is 3. The van der Waals surface area contributed by atoms with Crippen LogP contribution in [0.25, 0.3) is 0 Å². The molecular weight excluding hydrogens is 354 g/mol. The van der Waals surface area contributed by atoms with Crippen LogP contribution in [0.15, 0.2) is 46.9 Å². The Bertz CT molecular complexity index is 592. The summed E-state index contributed by atoms with van der Waals surface area (Å²) in [6, 6.07) is 13.4. The Labute approximate surface area is 138 Å².